The second-order valence-corrected chi connectivity index (χ2v) is 5.74. The van der Waals surface area contributed by atoms with Gasteiger partial charge in [0, 0.05) is 5.56 Å². The van der Waals surface area contributed by atoms with Crippen LogP contribution in [0.4, 0.5) is 5.69 Å². The van der Waals surface area contributed by atoms with E-state index < -0.39 is 24.4 Å². The van der Waals surface area contributed by atoms with Crippen molar-refractivity contribution in [2.24, 2.45) is 0 Å². The van der Waals surface area contributed by atoms with E-state index in [0.29, 0.717) is 28.6 Å². The lowest BCUT2D eigenvalue weighted by atomic mass is 10.2. The minimum atomic E-state index is -0.733. The first-order valence-electron chi connectivity index (χ1n) is 8.20. The maximum Gasteiger partial charge on any atom is 0.325 e. The first-order valence-corrected chi connectivity index (χ1v) is 8.58. The number of hydrogen-bond acceptors (Lipinski definition) is 5. The highest BCUT2D eigenvalue weighted by atomic mass is 35.5. The van der Waals surface area contributed by atoms with E-state index in [4.69, 9.17) is 21.1 Å². The summed E-state index contributed by atoms with van der Waals surface area (Å²) in [5.41, 5.74) is 0.798. The lowest BCUT2D eigenvalue weighted by Gasteiger charge is -2.09. The quantitative estimate of drug-likeness (QED) is 0.676. The number of esters is 1. The van der Waals surface area contributed by atoms with E-state index in [1.165, 1.54) is 0 Å². The maximum atomic E-state index is 12.0. The van der Waals surface area contributed by atoms with Crippen molar-refractivity contribution in [3.05, 3.63) is 59.1 Å². The summed E-state index contributed by atoms with van der Waals surface area (Å²) in [7, 11) is 0. The lowest BCUT2D eigenvalue weighted by Crippen LogP contribution is -2.32. The molecule has 0 saturated heterocycles. The standard InChI is InChI=1S/C19H19ClN2O5/c1-2-26-14-9-7-13(8-10-14)19(25)21-11-18(24)27-12-17(23)22-16-6-4-3-5-15(16)20/h3-10H,2,11-12H2,1H3,(H,21,25)(H,22,23). The Morgan fingerprint density at radius 2 is 1.74 bits per heavy atom. The largest absolute Gasteiger partial charge is 0.494 e. The van der Waals surface area contributed by atoms with Crippen LogP contribution >= 0.6 is 11.6 Å². The smallest absolute Gasteiger partial charge is 0.325 e. The second-order valence-electron chi connectivity index (χ2n) is 5.33. The molecule has 0 bridgehead atoms. The van der Waals surface area contributed by atoms with Gasteiger partial charge >= 0.3 is 5.97 Å². The van der Waals surface area contributed by atoms with E-state index in [9.17, 15) is 14.4 Å². The third-order valence-corrected chi connectivity index (χ3v) is 3.66. The van der Waals surface area contributed by atoms with Gasteiger partial charge in [0.05, 0.1) is 17.3 Å². The van der Waals surface area contributed by atoms with Crippen LogP contribution in [0.2, 0.25) is 5.02 Å². The zero-order valence-electron chi connectivity index (χ0n) is 14.7. The molecular formula is C19H19ClN2O5. The van der Waals surface area contributed by atoms with Gasteiger partial charge in [0.2, 0.25) is 0 Å². The molecule has 8 heteroatoms. The van der Waals surface area contributed by atoms with E-state index in [2.05, 4.69) is 10.6 Å². The number of carbonyl (C=O) groups excluding carboxylic acids is 3. The number of rotatable bonds is 8. The highest BCUT2D eigenvalue weighted by molar-refractivity contribution is 6.33. The van der Waals surface area contributed by atoms with Crippen LogP contribution < -0.4 is 15.4 Å². The maximum absolute atomic E-state index is 12.0. The number of benzene rings is 2. The fourth-order valence-electron chi connectivity index (χ4n) is 2.07. The Morgan fingerprint density at radius 1 is 1.04 bits per heavy atom. The van der Waals surface area contributed by atoms with E-state index in [1.54, 1.807) is 48.5 Å². The molecule has 2 amide bonds. The number of amides is 2. The predicted molar refractivity (Wildman–Crippen MR) is 101 cm³/mol. The van der Waals surface area contributed by atoms with Crippen molar-refractivity contribution in [1.29, 1.82) is 0 Å². The molecule has 0 aliphatic heterocycles. The topological polar surface area (TPSA) is 93.7 Å². The average Bonchev–Trinajstić information content (AvgIpc) is 2.67. The third kappa shape index (κ3) is 6.63. The van der Waals surface area contributed by atoms with Crippen LogP contribution in [0.3, 0.4) is 0 Å². The lowest BCUT2D eigenvalue weighted by molar-refractivity contribution is -0.146. The molecule has 2 rings (SSSR count). The van der Waals surface area contributed by atoms with Gasteiger partial charge in [0.1, 0.15) is 12.3 Å². The van der Waals surface area contributed by atoms with Gasteiger partial charge < -0.3 is 20.1 Å². The molecule has 0 aromatic heterocycles. The van der Waals surface area contributed by atoms with Crippen molar-refractivity contribution in [2.45, 2.75) is 6.92 Å². The molecular weight excluding hydrogens is 372 g/mol. The number of ether oxygens (including phenoxy) is 2. The Balaban J connectivity index is 1.73. The van der Waals surface area contributed by atoms with Crippen molar-refractivity contribution >= 4 is 35.1 Å². The van der Waals surface area contributed by atoms with Crippen molar-refractivity contribution < 1.29 is 23.9 Å². The minimum absolute atomic E-state index is 0.356. The third-order valence-electron chi connectivity index (χ3n) is 3.33. The van der Waals surface area contributed by atoms with Gasteiger partial charge in [-0.15, -0.1) is 0 Å². The van der Waals surface area contributed by atoms with Gasteiger partial charge in [0.15, 0.2) is 6.61 Å². The van der Waals surface area contributed by atoms with Crippen LogP contribution in [0.15, 0.2) is 48.5 Å². The molecule has 0 atom stereocenters. The number of carbonyl (C=O) groups is 3. The summed E-state index contributed by atoms with van der Waals surface area (Å²) in [5.74, 6) is -1.05. The van der Waals surface area contributed by atoms with Gasteiger partial charge in [0.25, 0.3) is 11.8 Å². The molecule has 2 N–H and O–H groups in total. The Labute approximate surface area is 161 Å². The molecule has 0 heterocycles. The summed E-state index contributed by atoms with van der Waals surface area (Å²) in [6, 6.07) is 13.2. The Morgan fingerprint density at radius 3 is 2.41 bits per heavy atom. The Bertz CT molecular complexity index is 808. The second kappa shape index (κ2) is 10.2. The molecule has 2 aromatic carbocycles. The van der Waals surface area contributed by atoms with Gasteiger partial charge in [-0.05, 0) is 43.3 Å². The van der Waals surface area contributed by atoms with Crippen molar-refractivity contribution in [2.75, 3.05) is 25.1 Å². The fourth-order valence-corrected chi connectivity index (χ4v) is 2.25. The van der Waals surface area contributed by atoms with Crippen molar-refractivity contribution in [3.8, 4) is 5.75 Å². The van der Waals surface area contributed by atoms with Gasteiger partial charge in [-0.3, -0.25) is 14.4 Å². The molecule has 27 heavy (non-hydrogen) atoms. The fraction of sp³-hybridized carbons (Fsp3) is 0.211. The molecule has 0 aliphatic carbocycles. The Kier molecular flexibility index (Phi) is 7.63. The van der Waals surface area contributed by atoms with E-state index in [0.717, 1.165) is 0 Å². The first-order chi connectivity index (χ1) is 13.0. The number of anilines is 1. The summed E-state index contributed by atoms with van der Waals surface area (Å²) >= 11 is 5.92. The zero-order chi connectivity index (χ0) is 19.6. The summed E-state index contributed by atoms with van der Waals surface area (Å²) in [5, 5.41) is 5.32. The predicted octanol–water partition coefficient (Wildman–Crippen LogP) is 2.65. The molecule has 2 aromatic rings. The number of para-hydroxylation sites is 1. The van der Waals surface area contributed by atoms with Gasteiger partial charge in [-0.25, -0.2) is 0 Å². The summed E-state index contributed by atoms with van der Waals surface area (Å²) in [4.78, 5) is 35.4. The van der Waals surface area contributed by atoms with Crippen LogP contribution in [0.5, 0.6) is 5.75 Å². The Hall–Kier alpha value is -3.06. The van der Waals surface area contributed by atoms with Gasteiger partial charge in [-0.2, -0.15) is 0 Å². The number of halogens is 1. The molecule has 0 unspecified atom stereocenters. The van der Waals surface area contributed by atoms with Crippen LogP contribution in [-0.2, 0) is 14.3 Å². The molecule has 0 saturated carbocycles. The average molecular weight is 391 g/mol. The number of nitrogens with one attached hydrogen (secondary N) is 2. The molecule has 0 spiro atoms. The highest BCUT2D eigenvalue weighted by Gasteiger charge is 2.12. The molecule has 142 valence electrons. The number of hydrogen-bond donors (Lipinski definition) is 2. The summed E-state index contributed by atoms with van der Waals surface area (Å²) in [6.07, 6.45) is 0. The van der Waals surface area contributed by atoms with Crippen molar-refractivity contribution in [1.82, 2.24) is 5.32 Å². The van der Waals surface area contributed by atoms with Crippen LogP contribution in [0.25, 0.3) is 0 Å². The van der Waals surface area contributed by atoms with E-state index in [-0.39, 0.29) is 6.54 Å². The minimum Gasteiger partial charge on any atom is -0.494 e. The normalized spacial score (nSPS) is 10.0. The molecule has 0 fully saturated rings. The van der Waals surface area contributed by atoms with Crippen LogP contribution in [0.1, 0.15) is 17.3 Å². The van der Waals surface area contributed by atoms with Crippen LogP contribution in [-0.4, -0.2) is 37.5 Å². The first kappa shape index (κ1) is 20.3. The zero-order valence-corrected chi connectivity index (χ0v) is 15.4. The SMILES string of the molecule is CCOc1ccc(C(=O)NCC(=O)OCC(=O)Nc2ccccc2Cl)cc1. The van der Waals surface area contributed by atoms with E-state index >= 15 is 0 Å². The van der Waals surface area contributed by atoms with Gasteiger partial charge in [-0.1, -0.05) is 23.7 Å². The molecule has 7 nitrogen and oxygen atoms in total. The molecule has 0 radical (unpaired) electrons. The molecule has 0 aliphatic rings. The summed E-state index contributed by atoms with van der Waals surface area (Å²) in [6.45, 7) is 1.55. The monoisotopic (exact) mass is 390 g/mol. The van der Waals surface area contributed by atoms with Crippen LogP contribution in [0, 0.1) is 0 Å². The summed E-state index contributed by atoms with van der Waals surface area (Å²) < 4.78 is 10.1. The highest BCUT2D eigenvalue weighted by Crippen LogP contribution is 2.20. The van der Waals surface area contributed by atoms with E-state index in [1.807, 2.05) is 6.92 Å². The van der Waals surface area contributed by atoms with Crippen molar-refractivity contribution in [3.63, 3.8) is 0 Å².